The van der Waals surface area contributed by atoms with Gasteiger partial charge in [0.15, 0.2) is 5.78 Å². The van der Waals surface area contributed by atoms with E-state index in [1.807, 2.05) is 42.5 Å². The number of fused-ring (bicyclic) bond motifs is 1. The summed E-state index contributed by atoms with van der Waals surface area (Å²) in [5, 5.41) is 8.51. The van der Waals surface area contributed by atoms with E-state index in [9.17, 15) is 4.79 Å². The van der Waals surface area contributed by atoms with Crippen LogP contribution >= 0.6 is 0 Å². The summed E-state index contributed by atoms with van der Waals surface area (Å²) < 4.78 is 1.50. The van der Waals surface area contributed by atoms with Gasteiger partial charge in [-0.25, -0.2) is 0 Å². The minimum atomic E-state index is -0.000684. The molecule has 2 aromatic heterocycles. The summed E-state index contributed by atoms with van der Waals surface area (Å²) in [7, 11) is 0. The molecule has 0 fully saturated rings. The zero-order valence-corrected chi connectivity index (χ0v) is 9.87. The van der Waals surface area contributed by atoms with E-state index < -0.39 is 0 Å². The monoisotopic (exact) mass is 237 g/mol. The Labute approximate surface area is 104 Å². The summed E-state index contributed by atoms with van der Waals surface area (Å²) >= 11 is 0. The van der Waals surface area contributed by atoms with Gasteiger partial charge in [0.25, 0.3) is 0 Å². The number of carbonyl (C=O) groups excluding carboxylic acids is 1. The molecule has 0 unspecified atom stereocenters. The Morgan fingerprint density at radius 3 is 2.61 bits per heavy atom. The van der Waals surface area contributed by atoms with Crippen molar-refractivity contribution >= 4 is 11.3 Å². The fourth-order valence-electron chi connectivity index (χ4n) is 1.91. The molecule has 0 aliphatic heterocycles. The van der Waals surface area contributed by atoms with Gasteiger partial charge < -0.3 is 0 Å². The Morgan fingerprint density at radius 2 is 1.89 bits per heavy atom. The summed E-state index contributed by atoms with van der Waals surface area (Å²) in [5.74, 6) is -0.000684. The van der Waals surface area contributed by atoms with Crippen molar-refractivity contribution < 1.29 is 4.79 Å². The highest BCUT2D eigenvalue weighted by Crippen LogP contribution is 2.18. The molecule has 0 radical (unpaired) electrons. The molecule has 1 aromatic carbocycles. The summed E-state index contributed by atoms with van der Waals surface area (Å²) in [5.41, 5.74) is 3.20. The molecule has 4 nitrogen and oxygen atoms in total. The lowest BCUT2D eigenvalue weighted by atomic mass is 10.1. The quantitative estimate of drug-likeness (QED) is 0.643. The number of benzene rings is 1. The minimum Gasteiger partial charge on any atom is -0.294 e. The van der Waals surface area contributed by atoms with Gasteiger partial charge >= 0.3 is 0 Å². The van der Waals surface area contributed by atoms with Crippen LogP contribution in [0.2, 0.25) is 0 Å². The first kappa shape index (κ1) is 10.7. The number of hydrogen-bond acceptors (Lipinski definition) is 3. The van der Waals surface area contributed by atoms with Crippen molar-refractivity contribution in [3.05, 3.63) is 54.2 Å². The molecule has 0 bridgehead atoms. The van der Waals surface area contributed by atoms with Crippen LogP contribution in [0.25, 0.3) is 16.8 Å². The Bertz CT molecular complexity index is 716. The van der Waals surface area contributed by atoms with Crippen molar-refractivity contribution in [1.29, 1.82) is 0 Å². The summed E-state index contributed by atoms with van der Waals surface area (Å²) in [6.45, 7) is 1.53. The molecular formula is C14H11N3O. The first-order valence-electron chi connectivity index (χ1n) is 5.67. The van der Waals surface area contributed by atoms with Gasteiger partial charge in [0.1, 0.15) is 0 Å². The lowest BCUT2D eigenvalue weighted by Crippen LogP contribution is -1.97. The Kier molecular flexibility index (Phi) is 2.41. The molecule has 0 spiro atoms. The highest BCUT2D eigenvalue weighted by Gasteiger charge is 2.09. The van der Waals surface area contributed by atoms with Crippen LogP contribution in [-0.2, 0) is 0 Å². The van der Waals surface area contributed by atoms with Crippen LogP contribution < -0.4 is 0 Å². The lowest BCUT2D eigenvalue weighted by molar-refractivity contribution is 0.101. The fourth-order valence-corrected chi connectivity index (χ4v) is 1.91. The van der Waals surface area contributed by atoms with Crippen LogP contribution in [0.3, 0.4) is 0 Å². The zero-order valence-electron chi connectivity index (χ0n) is 9.87. The number of ketones is 1. The van der Waals surface area contributed by atoms with Crippen LogP contribution in [0, 0.1) is 0 Å². The predicted molar refractivity (Wildman–Crippen MR) is 68.4 cm³/mol. The topological polar surface area (TPSA) is 47.3 Å². The predicted octanol–water partition coefficient (Wildman–Crippen LogP) is 2.60. The maximum absolute atomic E-state index is 11.4. The maximum atomic E-state index is 11.4. The average Bonchev–Trinajstić information content (AvgIpc) is 2.82. The van der Waals surface area contributed by atoms with E-state index in [1.54, 1.807) is 6.20 Å². The van der Waals surface area contributed by atoms with E-state index in [0.29, 0.717) is 5.56 Å². The Morgan fingerprint density at radius 1 is 1.11 bits per heavy atom. The number of aromatic nitrogens is 3. The van der Waals surface area contributed by atoms with E-state index in [-0.39, 0.29) is 5.78 Å². The molecule has 3 aromatic rings. The number of hydrogen-bond donors (Lipinski definition) is 0. The Balaban J connectivity index is 2.16. The van der Waals surface area contributed by atoms with Crippen molar-refractivity contribution in [3.8, 4) is 11.3 Å². The van der Waals surface area contributed by atoms with Gasteiger partial charge in [0.2, 0.25) is 0 Å². The molecule has 3 rings (SSSR count). The first-order valence-corrected chi connectivity index (χ1v) is 5.67. The molecule has 0 aliphatic rings. The molecule has 0 atom stereocenters. The highest BCUT2D eigenvalue weighted by atomic mass is 16.1. The SMILES string of the molecule is CC(=O)c1cnn2nc(-c3ccccc3)ccc12. The largest absolute Gasteiger partial charge is 0.294 e. The van der Waals surface area contributed by atoms with Crippen LogP contribution in [0.4, 0.5) is 0 Å². The second-order valence-corrected chi connectivity index (χ2v) is 4.07. The molecule has 0 saturated heterocycles. The first-order chi connectivity index (χ1) is 8.75. The molecule has 88 valence electrons. The molecule has 0 saturated carbocycles. The fraction of sp³-hybridized carbons (Fsp3) is 0.0714. The van der Waals surface area contributed by atoms with E-state index in [4.69, 9.17) is 0 Å². The van der Waals surface area contributed by atoms with Crippen LogP contribution in [0.1, 0.15) is 17.3 Å². The van der Waals surface area contributed by atoms with Crippen LogP contribution in [0.15, 0.2) is 48.7 Å². The van der Waals surface area contributed by atoms with Crippen LogP contribution in [-0.4, -0.2) is 20.6 Å². The molecule has 0 amide bonds. The number of rotatable bonds is 2. The summed E-state index contributed by atoms with van der Waals surface area (Å²) in [4.78, 5) is 11.4. The second kappa shape index (κ2) is 4.07. The number of Topliss-reactive ketones (excluding diaryl/α,β-unsaturated/α-hetero) is 1. The van der Waals surface area contributed by atoms with Gasteiger partial charge in [0.05, 0.1) is 23.0 Å². The van der Waals surface area contributed by atoms with Crippen molar-refractivity contribution in [2.75, 3.05) is 0 Å². The van der Waals surface area contributed by atoms with Gasteiger partial charge in [0, 0.05) is 5.56 Å². The zero-order chi connectivity index (χ0) is 12.5. The summed E-state index contributed by atoms with van der Waals surface area (Å²) in [6, 6.07) is 13.6. The third-order valence-corrected chi connectivity index (χ3v) is 2.84. The van der Waals surface area contributed by atoms with Gasteiger partial charge in [-0.05, 0) is 19.1 Å². The third-order valence-electron chi connectivity index (χ3n) is 2.84. The molecule has 4 heteroatoms. The summed E-state index contributed by atoms with van der Waals surface area (Å²) in [6.07, 6.45) is 1.56. The van der Waals surface area contributed by atoms with Crippen molar-refractivity contribution in [1.82, 2.24) is 14.8 Å². The van der Waals surface area contributed by atoms with E-state index >= 15 is 0 Å². The molecule has 0 aliphatic carbocycles. The van der Waals surface area contributed by atoms with E-state index in [0.717, 1.165) is 16.8 Å². The average molecular weight is 237 g/mol. The second-order valence-electron chi connectivity index (χ2n) is 4.07. The Hall–Kier alpha value is -2.49. The standard InChI is InChI=1S/C14H11N3O/c1-10(18)12-9-15-17-14(12)8-7-13(16-17)11-5-3-2-4-6-11/h2-9H,1H3. The minimum absolute atomic E-state index is 0.000684. The van der Waals surface area contributed by atoms with Gasteiger partial charge in [-0.1, -0.05) is 30.3 Å². The number of nitrogens with zero attached hydrogens (tertiary/aromatic N) is 3. The maximum Gasteiger partial charge on any atom is 0.163 e. The van der Waals surface area contributed by atoms with E-state index in [2.05, 4.69) is 10.2 Å². The van der Waals surface area contributed by atoms with Crippen LogP contribution in [0.5, 0.6) is 0 Å². The van der Waals surface area contributed by atoms with Crippen molar-refractivity contribution in [2.45, 2.75) is 6.92 Å². The van der Waals surface area contributed by atoms with Gasteiger partial charge in [-0.2, -0.15) is 9.73 Å². The molecule has 18 heavy (non-hydrogen) atoms. The lowest BCUT2D eigenvalue weighted by Gasteiger charge is -2.01. The third kappa shape index (κ3) is 1.68. The number of carbonyl (C=O) groups is 1. The van der Waals surface area contributed by atoms with Crippen molar-refractivity contribution in [3.63, 3.8) is 0 Å². The molecule has 0 N–H and O–H groups in total. The highest BCUT2D eigenvalue weighted by molar-refractivity contribution is 6.00. The van der Waals surface area contributed by atoms with E-state index in [1.165, 1.54) is 11.6 Å². The normalized spacial score (nSPS) is 10.7. The molecule has 2 heterocycles. The van der Waals surface area contributed by atoms with Gasteiger partial charge in [-0.3, -0.25) is 4.79 Å². The van der Waals surface area contributed by atoms with Crippen molar-refractivity contribution in [2.24, 2.45) is 0 Å². The smallest absolute Gasteiger partial charge is 0.163 e. The van der Waals surface area contributed by atoms with Gasteiger partial charge in [-0.15, -0.1) is 5.10 Å². The molecular weight excluding hydrogens is 226 g/mol.